The number of hydrogen-bond acceptors (Lipinski definition) is 4. The highest BCUT2D eigenvalue weighted by molar-refractivity contribution is 7.92. The second-order valence-corrected chi connectivity index (χ2v) is 13.9. The summed E-state index contributed by atoms with van der Waals surface area (Å²) in [6.45, 7) is 8.72. The van der Waals surface area contributed by atoms with Gasteiger partial charge >= 0.3 is 0 Å². The first-order chi connectivity index (χ1) is 21.9. The molecule has 4 aromatic carbocycles. The van der Waals surface area contributed by atoms with E-state index in [2.05, 4.69) is 5.32 Å². The van der Waals surface area contributed by atoms with E-state index in [-0.39, 0.29) is 35.4 Å². The smallest absolute Gasteiger partial charge is 0.264 e. The van der Waals surface area contributed by atoms with Gasteiger partial charge in [-0.05, 0) is 68.1 Å². The fourth-order valence-corrected chi connectivity index (χ4v) is 6.55. The van der Waals surface area contributed by atoms with Crippen LogP contribution in [0.5, 0.6) is 0 Å². The number of nitrogens with one attached hydrogen (secondary N) is 1. The van der Waals surface area contributed by atoms with Crippen molar-refractivity contribution in [3.8, 4) is 0 Å². The van der Waals surface area contributed by atoms with Crippen molar-refractivity contribution in [2.24, 2.45) is 0 Å². The molecule has 0 saturated heterocycles. The zero-order valence-corrected chi connectivity index (χ0v) is 27.8. The van der Waals surface area contributed by atoms with E-state index in [1.54, 1.807) is 42.5 Å². The summed E-state index contributed by atoms with van der Waals surface area (Å²) in [4.78, 5) is 29.6. The number of carbonyl (C=O) groups is 2. The van der Waals surface area contributed by atoms with Crippen LogP contribution in [0.2, 0.25) is 0 Å². The molecule has 0 aliphatic rings. The molecule has 0 heterocycles. The minimum Gasteiger partial charge on any atom is -0.352 e. The zero-order valence-electron chi connectivity index (χ0n) is 27.0. The Morgan fingerprint density at radius 2 is 1.41 bits per heavy atom. The molecule has 0 fully saturated rings. The number of aryl methyl sites for hydroxylation is 1. The lowest BCUT2D eigenvalue weighted by Gasteiger charge is -2.34. The number of halogens is 1. The van der Waals surface area contributed by atoms with Crippen LogP contribution in [-0.2, 0) is 32.6 Å². The van der Waals surface area contributed by atoms with Gasteiger partial charge in [-0.2, -0.15) is 0 Å². The first-order valence-corrected chi connectivity index (χ1v) is 16.9. The lowest BCUT2D eigenvalue weighted by atomic mass is 10.0. The van der Waals surface area contributed by atoms with Crippen LogP contribution in [0, 0.1) is 12.7 Å². The van der Waals surface area contributed by atoms with Gasteiger partial charge in [-0.15, -0.1) is 0 Å². The summed E-state index contributed by atoms with van der Waals surface area (Å²) >= 11 is 0. The van der Waals surface area contributed by atoms with Gasteiger partial charge in [0.15, 0.2) is 0 Å². The van der Waals surface area contributed by atoms with Gasteiger partial charge in [-0.3, -0.25) is 13.9 Å². The Hall–Kier alpha value is -4.50. The third-order valence-corrected chi connectivity index (χ3v) is 9.52. The molecule has 4 rings (SSSR count). The van der Waals surface area contributed by atoms with Crippen molar-refractivity contribution in [2.45, 2.75) is 70.5 Å². The summed E-state index contributed by atoms with van der Waals surface area (Å²) in [6.07, 6.45) is 0.146. The monoisotopic (exact) mass is 643 g/mol. The van der Waals surface area contributed by atoms with Crippen LogP contribution in [0.25, 0.3) is 0 Å². The van der Waals surface area contributed by atoms with Gasteiger partial charge in [0.2, 0.25) is 11.8 Å². The van der Waals surface area contributed by atoms with Crippen LogP contribution in [0.3, 0.4) is 0 Å². The fourth-order valence-electron chi connectivity index (χ4n) is 5.14. The molecule has 1 atom stereocenters. The highest BCUT2D eigenvalue weighted by atomic mass is 32.2. The SMILES string of the molecule is Cc1ccc(S(=O)(=O)N(CC(=O)N(Cc2ccccc2F)C(Cc2ccccc2)C(=O)NC(C)C)c2ccc(C(C)C)cc2)cc1. The van der Waals surface area contributed by atoms with Crippen LogP contribution in [-0.4, -0.2) is 43.8 Å². The molecule has 1 N–H and O–H groups in total. The van der Waals surface area contributed by atoms with Crippen LogP contribution < -0.4 is 9.62 Å². The number of carbonyl (C=O) groups excluding carboxylic acids is 2. The van der Waals surface area contributed by atoms with Crippen LogP contribution in [0.4, 0.5) is 10.1 Å². The minimum atomic E-state index is -4.23. The molecule has 0 aliphatic heterocycles. The van der Waals surface area contributed by atoms with Crippen molar-refractivity contribution in [3.63, 3.8) is 0 Å². The van der Waals surface area contributed by atoms with E-state index in [1.165, 1.54) is 23.1 Å². The van der Waals surface area contributed by atoms with E-state index in [1.807, 2.05) is 77.1 Å². The van der Waals surface area contributed by atoms with Gasteiger partial charge in [0, 0.05) is 24.6 Å². The standard InChI is InChI=1S/C37H42FN3O4S/c1-26(2)30-17-19-32(20-18-30)41(46(44,45)33-21-15-28(5)16-22-33)25-36(42)40(24-31-13-9-10-14-34(31)38)35(37(43)39-27(3)4)23-29-11-7-6-8-12-29/h6-22,26-27,35H,23-25H2,1-5H3,(H,39,43). The number of anilines is 1. The number of nitrogens with zero attached hydrogens (tertiary/aromatic N) is 2. The molecule has 0 radical (unpaired) electrons. The first kappa shape index (κ1) is 34.4. The predicted octanol–water partition coefficient (Wildman–Crippen LogP) is 6.62. The average Bonchev–Trinajstić information content (AvgIpc) is 3.02. The highest BCUT2D eigenvalue weighted by Gasteiger charge is 2.35. The molecular formula is C37H42FN3O4S. The number of sulfonamides is 1. The van der Waals surface area contributed by atoms with Gasteiger partial charge in [0.25, 0.3) is 10.0 Å². The molecule has 2 amide bonds. The number of amides is 2. The molecule has 9 heteroatoms. The molecule has 7 nitrogen and oxygen atoms in total. The molecule has 0 aromatic heterocycles. The average molecular weight is 644 g/mol. The lowest BCUT2D eigenvalue weighted by Crippen LogP contribution is -2.54. The third-order valence-electron chi connectivity index (χ3n) is 7.74. The summed E-state index contributed by atoms with van der Waals surface area (Å²) in [7, 11) is -4.23. The largest absolute Gasteiger partial charge is 0.352 e. The van der Waals surface area contributed by atoms with E-state index in [4.69, 9.17) is 0 Å². The highest BCUT2D eigenvalue weighted by Crippen LogP contribution is 2.27. The van der Waals surface area contributed by atoms with E-state index in [0.717, 1.165) is 21.0 Å². The summed E-state index contributed by atoms with van der Waals surface area (Å²) in [5.41, 5.74) is 3.21. The molecule has 46 heavy (non-hydrogen) atoms. The van der Waals surface area contributed by atoms with Crippen molar-refractivity contribution in [3.05, 3.63) is 131 Å². The van der Waals surface area contributed by atoms with Crippen LogP contribution in [0.1, 0.15) is 55.9 Å². The lowest BCUT2D eigenvalue weighted by molar-refractivity contribution is -0.140. The number of hydrogen-bond donors (Lipinski definition) is 1. The number of benzene rings is 4. The normalized spacial score (nSPS) is 12.2. The maximum Gasteiger partial charge on any atom is 0.264 e. The van der Waals surface area contributed by atoms with Gasteiger partial charge in [0.1, 0.15) is 18.4 Å². The maximum absolute atomic E-state index is 15.0. The Balaban J connectivity index is 1.82. The Morgan fingerprint density at radius 1 is 0.804 bits per heavy atom. The molecule has 1 unspecified atom stereocenters. The summed E-state index contributed by atoms with van der Waals surface area (Å²) in [5, 5.41) is 2.90. The Bertz CT molecular complexity index is 1720. The van der Waals surface area contributed by atoms with E-state index >= 15 is 4.39 Å². The van der Waals surface area contributed by atoms with E-state index in [0.29, 0.717) is 5.69 Å². The molecule has 0 aliphatic carbocycles. The van der Waals surface area contributed by atoms with Gasteiger partial charge < -0.3 is 10.2 Å². The quantitative estimate of drug-likeness (QED) is 0.178. The fraction of sp³-hybridized carbons (Fsp3) is 0.297. The molecule has 0 bridgehead atoms. The second-order valence-electron chi connectivity index (χ2n) is 12.1. The van der Waals surface area contributed by atoms with Crippen molar-refractivity contribution in [2.75, 3.05) is 10.8 Å². The van der Waals surface area contributed by atoms with Crippen molar-refractivity contribution in [1.29, 1.82) is 0 Å². The Morgan fingerprint density at radius 3 is 2.00 bits per heavy atom. The van der Waals surface area contributed by atoms with E-state index < -0.39 is 40.2 Å². The maximum atomic E-state index is 15.0. The molecule has 242 valence electrons. The van der Waals surface area contributed by atoms with Gasteiger partial charge in [0.05, 0.1) is 10.6 Å². The summed E-state index contributed by atoms with van der Waals surface area (Å²) in [5.74, 6) is -1.38. The zero-order chi connectivity index (χ0) is 33.4. The van der Waals surface area contributed by atoms with Gasteiger partial charge in [-0.1, -0.05) is 92.2 Å². The van der Waals surface area contributed by atoms with Crippen LogP contribution in [0.15, 0.2) is 108 Å². The van der Waals surface area contributed by atoms with Crippen molar-refractivity contribution >= 4 is 27.5 Å². The molecule has 0 saturated carbocycles. The summed E-state index contributed by atoms with van der Waals surface area (Å²) in [6, 6.07) is 27.5. The van der Waals surface area contributed by atoms with Gasteiger partial charge in [-0.25, -0.2) is 12.8 Å². The topological polar surface area (TPSA) is 86.8 Å². The Kier molecular flexibility index (Phi) is 11.4. The molecule has 0 spiro atoms. The molecular weight excluding hydrogens is 601 g/mol. The van der Waals surface area contributed by atoms with Crippen LogP contribution >= 0.6 is 0 Å². The minimum absolute atomic E-state index is 0.0258. The van der Waals surface area contributed by atoms with E-state index in [9.17, 15) is 18.0 Å². The second kappa shape index (κ2) is 15.2. The first-order valence-electron chi connectivity index (χ1n) is 15.4. The molecule has 4 aromatic rings. The third kappa shape index (κ3) is 8.60. The number of rotatable bonds is 13. The predicted molar refractivity (Wildman–Crippen MR) is 180 cm³/mol. The van der Waals surface area contributed by atoms with Crippen molar-refractivity contribution in [1.82, 2.24) is 10.2 Å². The summed E-state index contributed by atoms with van der Waals surface area (Å²) < 4.78 is 44.5. The van der Waals surface area contributed by atoms with Crippen molar-refractivity contribution < 1.29 is 22.4 Å². The Labute approximate surface area is 272 Å².